The fourth-order valence-corrected chi connectivity index (χ4v) is 3.37. The fourth-order valence-electron chi connectivity index (χ4n) is 3.37. The van der Waals surface area contributed by atoms with Gasteiger partial charge in [0, 0.05) is 6.42 Å². The number of aliphatic hydroxyl groups is 1. The minimum atomic E-state index is -0.643. The van der Waals surface area contributed by atoms with E-state index in [1.165, 1.54) is 32.4 Å². The minimum Gasteiger partial charge on any atom is -0.385 e. The molecule has 2 N–H and O–H groups in total. The molecule has 0 aliphatic carbocycles. The highest BCUT2D eigenvalue weighted by Gasteiger charge is 2.31. The number of benzene rings is 1. The maximum absolute atomic E-state index is 11.2. The third-order valence-electron chi connectivity index (χ3n) is 4.90. The molecule has 1 fully saturated rings. The molecule has 1 unspecified atom stereocenters. The SMILES string of the molecule is CC(C)CCC(O)(CC[NH+]1CCCCC1)c1ccccc1. The Morgan fingerprint density at radius 2 is 1.71 bits per heavy atom. The highest BCUT2D eigenvalue weighted by molar-refractivity contribution is 5.22. The van der Waals surface area contributed by atoms with Gasteiger partial charge in [-0.05, 0) is 43.6 Å². The van der Waals surface area contributed by atoms with Gasteiger partial charge in [-0.15, -0.1) is 0 Å². The molecule has 21 heavy (non-hydrogen) atoms. The highest BCUT2D eigenvalue weighted by Crippen LogP contribution is 2.31. The second-order valence-electron chi connectivity index (χ2n) is 7.14. The molecule has 1 aliphatic heterocycles. The first kappa shape index (κ1) is 16.5. The van der Waals surface area contributed by atoms with E-state index in [-0.39, 0.29) is 0 Å². The first-order valence-electron chi connectivity index (χ1n) is 8.72. The lowest BCUT2D eigenvalue weighted by Crippen LogP contribution is -3.13. The lowest BCUT2D eigenvalue weighted by Gasteiger charge is -2.32. The first-order chi connectivity index (χ1) is 10.1. The second-order valence-corrected chi connectivity index (χ2v) is 7.14. The predicted octanol–water partition coefficient (Wildman–Crippen LogP) is 2.77. The van der Waals surface area contributed by atoms with Crippen molar-refractivity contribution in [1.29, 1.82) is 0 Å². The van der Waals surface area contributed by atoms with Crippen molar-refractivity contribution in [3.05, 3.63) is 35.9 Å². The van der Waals surface area contributed by atoms with E-state index >= 15 is 0 Å². The van der Waals surface area contributed by atoms with E-state index in [9.17, 15) is 5.11 Å². The van der Waals surface area contributed by atoms with Crippen LogP contribution in [-0.4, -0.2) is 24.7 Å². The van der Waals surface area contributed by atoms with Gasteiger partial charge in [-0.2, -0.15) is 0 Å². The molecule has 1 saturated heterocycles. The molecule has 0 saturated carbocycles. The molecule has 1 aromatic rings. The van der Waals surface area contributed by atoms with Gasteiger partial charge in [0.1, 0.15) is 0 Å². The molecule has 0 aromatic heterocycles. The zero-order valence-corrected chi connectivity index (χ0v) is 13.8. The van der Waals surface area contributed by atoms with E-state index in [2.05, 4.69) is 26.0 Å². The monoisotopic (exact) mass is 290 g/mol. The van der Waals surface area contributed by atoms with Crippen LogP contribution in [0.3, 0.4) is 0 Å². The molecule has 1 aliphatic rings. The number of piperidine rings is 1. The molecule has 0 bridgehead atoms. The second kappa shape index (κ2) is 7.95. The van der Waals surface area contributed by atoms with Crippen LogP contribution >= 0.6 is 0 Å². The van der Waals surface area contributed by atoms with Gasteiger partial charge in [-0.3, -0.25) is 0 Å². The van der Waals surface area contributed by atoms with Crippen molar-refractivity contribution in [2.45, 2.75) is 58.0 Å². The summed E-state index contributed by atoms with van der Waals surface area (Å²) in [7, 11) is 0. The third-order valence-corrected chi connectivity index (χ3v) is 4.90. The van der Waals surface area contributed by atoms with Crippen LogP contribution in [0.4, 0.5) is 0 Å². The summed E-state index contributed by atoms with van der Waals surface area (Å²) in [6.45, 7) is 8.15. The molecule has 2 nitrogen and oxygen atoms in total. The van der Waals surface area contributed by atoms with Crippen molar-refractivity contribution in [2.75, 3.05) is 19.6 Å². The van der Waals surface area contributed by atoms with Crippen molar-refractivity contribution in [3.8, 4) is 0 Å². The van der Waals surface area contributed by atoms with E-state index in [1.54, 1.807) is 4.90 Å². The van der Waals surface area contributed by atoms with Crippen molar-refractivity contribution in [1.82, 2.24) is 0 Å². The summed E-state index contributed by atoms with van der Waals surface area (Å²) in [5.74, 6) is 0.641. The van der Waals surface area contributed by atoms with Gasteiger partial charge >= 0.3 is 0 Å². The van der Waals surface area contributed by atoms with Crippen LogP contribution in [0.5, 0.6) is 0 Å². The lowest BCUT2D eigenvalue weighted by atomic mass is 9.84. The smallest absolute Gasteiger partial charge is 0.0950 e. The van der Waals surface area contributed by atoms with E-state index < -0.39 is 5.60 Å². The zero-order chi connectivity index (χ0) is 15.1. The molecule has 0 radical (unpaired) electrons. The number of likely N-dealkylation sites (tertiary alicyclic amines) is 1. The Hall–Kier alpha value is -0.860. The fraction of sp³-hybridized carbons (Fsp3) is 0.684. The summed E-state index contributed by atoms with van der Waals surface area (Å²) in [4.78, 5) is 1.68. The van der Waals surface area contributed by atoms with Crippen molar-refractivity contribution < 1.29 is 10.0 Å². The Balaban J connectivity index is 2.00. The number of quaternary nitrogens is 1. The largest absolute Gasteiger partial charge is 0.385 e. The van der Waals surface area contributed by atoms with Crippen molar-refractivity contribution >= 4 is 0 Å². The maximum Gasteiger partial charge on any atom is 0.0950 e. The van der Waals surface area contributed by atoms with Gasteiger partial charge in [0.15, 0.2) is 0 Å². The van der Waals surface area contributed by atoms with E-state index in [0.717, 1.165) is 31.4 Å². The van der Waals surface area contributed by atoms with Crippen LogP contribution < -0.4 is 4.90 Å². The standard InChI is InChI=1S/C19H31NO/c1-17(2)11-12-19(21,18-9-5-3-6-10-18)13-16-20-14-7-4-8-15-20/h3,5-6,9-10,17,21H,4,7-8,11-16H2,1-2H3/p+1. The quantitative estimate of drug-likeness (QED) is 0.793. The average Bonchev–Trinajstić information content (AvgIpc) is 2.53. The van der Waals surface area contributed by atoms with E-state index in [4.69, 9.17) is 0 Å². The van der Waals surface area contributed by atoms with Crippen LogP contribution in [0.25, 0.3) is 0 Å². The van der Waals surface area contributed by atoms with Crippen LogP contribution in [0.2, 0.25) is 0 Å². The molecule has 118 valence electrons. The Morgan fingerprint density at radius 3 is 2.33 bits per heavy atom. The lowest BCUT2D eigenvalue weighted by molar-refractivity contribution is -0.905. The normalized spacial score (nSPS) is 19.6. The number of rotatable bonds is 7. The molecule has 1 heterocycles. The number of hydrogen-bond acceptors (Lipinski definition) is 1. The Labute approximate surface area is 130 Å². The van der Waals surface area contributed by atoms with Gasteiger partial charge in [0.2, 0.25) is 0 Å². The van der Waals surface area contributed by atoms with E-state index in [0.29, 0.717) is 5.92 Å². The van der Waals surface area contributed by atoms with E-state index in [1.807, 2.05) is 18.2 Å². The Kier molecular flexibility index (Phi) is 6.25. The molecular weight excluding hydrogens is 258 g/mol. The van der Waals surface area contributed by atoms with Gasteiger partial charge < -0.3 is 10.0 Å². The van der Waals surface area contributed by atoms with Crippen LogP contribution in [0.15, 0.2) is 30.3 Å². The summed E-state index contributed by atoms with van der Waals surface area (Å²) in [6, 6.07) is 10.3. The zero-order valence-electron chi connectivity index (χ0n) is 13.8. The molecule has 0 spiro atoms. The highest BCUT2D eigenvalue weighted by atomic mass is 16.3. The third kappa shape index (κ3) is 5.12. The molecular formula is C19H32NO+. The topological polar surface area (TPSA) is 24.7 Å². The minimum absolute atomic E-state index is 0.641. The molecule has 1 aromatic carbocycles. The summed E-state index contributed by atoms with van der Waals surface area (Å²) in [5.41, 5.74) is 0.456. The van der Waals surface area contributed by atoms with Gasteiger partial charge in [-0.25, -0.2) is 0 Å². The summed E-state index contributed by atoms with van der Waals surface area (Å²) >= 11 is 0. The molecule has 1 atom stereocenters. The predicted molar refractivity (Wildman–Crippen MR) is 88.4 cm³/mol. The summed E-state index contributed by atoms with van der Waals surface area (Å²) < 4.78 is 0. The average molecular weight is 290 g/mol. The Morgan fingerprint density at radius 1 is 1.05 bits per heavy atom. The van der Waals surface area contributed by atoms with Crippen LogP contribution in [-0.2, 0) is 5.60 Å². The first-order valence-corrected chi connectivity index (χ1v) is 8.72. The number of nitrogens with one attached hydrogen (secondary N) is 1. The van der Waals surface area contributed by atoms with Crippen LogP contribution in [0, 0.1) is 5.92 Å². The van der Waals surface area contributed by atoms with Crippen molar-refractivity contribution in [3.63, 3.8) is 0 Å². The molecule has 2 heteroatoms. The Bertz CT molecular complexity index is 397. The van der Waals surface area contributed by atoms with Crippen LogP contribution in [0.1, 0.15) is 57.9 Å². The van der Waals surface area contributed by atoms with Gasteiger partial charge in [-0.1, -0.05) is 44.2 Å². The number of hydrogen-bond donors (Lipinski definition) is 2. The molecule has 2 rings (SSSR count). The molecule has 0 amide bonds. The summed E-state index contributed by atoms with van der Waals surface area (Å²) in [5, 5.41) is 11.2. The maximum atomic E-state index is 11.2. The van der Waals surface area contributed by atoms with Gasteiger partial charge in [0.25, 0.3) is 0 Å². The van der Waals surface area contributed by atoms with Gasteiger partial charge in [0.05, 0.1) is 25.2 Å². The summed E-state index contributed by atoms with van der Waals surface area (Å²) in [6.07, 6.45) is 6.94. The van der Waals surface area contributed by atoms with Crippen molar-refractivity contribution in [2.24, 2.45) is 5.92 Å².